The Kier molecular flexibility index (Phi) is 6.48. The Morgan fingerprint density at radius 2 is 2.00 bits per heavy atom. The van der Waals surface area contributed by atoms with Gasteiger partial charge in [-0.2, -0.15) is 15.0 Å². The van der Waals surface area contributed by atoms with Gasteiger partial charge in [-0.15, -0.1) is 0 Å². The van der Waals surface area contributed by atoms with E-state index in [9.17, 15) is 4.79 Å². The number of nitrogens with two attached hydrogens (primary N) is 2. The maximum absolute atomic E-state index is 11.1. The van der Waals surface area contributed by atoms with Crippen molar-refractivity contribution in [3.8, 4) is 6.01 Å². The Bertz CT molecular complexity index is 440. The fourth-order valence-corrected chi connectivity index (χ4v) is 1.55. The fraction of sp³-hybridized carbons (Fsp3) is 0.667. The lowest BCUT2D eigenvalue weighted by Gasteiger charge is -2.21. The second kappa shape index (κ2) is 8.13. The zero-order chi connectivity index (χ0) is 15.0. The molecule has 0 saturated heterocycles. The van der Waals surface area contributed by atoms with Crippen molar-refractivity contribution in [2.75, 3.05) is 30.3 Å². The summed E-state index contributed by atoms with van der Waals surface area (Å²) in [5.74, 6) is -0.0703. The zero-order valence-corrected chi connectivity index (χ0v) is 12.0. The van der Waals surface area contributed by atoms with E-state index in [4.69, 9.17) is 16.2 Å². The Hall–Kier alpha value is -2.12. The lowest BCUT2D eigenvalue weighted by molar-refractivity contribution is -0.116. The first-order valence-corrected chi connectivity index (χ1v) is 6.74. The van der Waals surface area contributed by atoms with Gasteiger partial charge in [-0.1, -0.05) is 20.3 Å². The molecule has 0 fully saturated rings. The van der Waals surface area contributed by atoms with Crippen molar-refractivity contribution in [3.05, 3.63) is 0 Å². The standard InChI is InChI=1S/C12H22N6O2/c1-3-5-6-18(8-9(13)19)11-15-10(14)16-12(17-11)20-7-4-2/h3-8H2,1-2H3,(H2,13,19)(H2,14,15,16,17). The van der Waals surface area contributed by atoms with Crippen LogP contribution in [0.25, 0.3) is 0 Å². The number of hydrogen-bond acceptors (Lipinski definition) is 7. The van der Waals surface area contributed by atoms with E-state index in [2.05, 4.69) is 21.9 Å². The molecule has 112 valence electrons. The van der Waals surface area contributed by atoms with Crippen LogP contribution in [0.3, 0.4) is 0 Å². The van der Waals surface area contributed by atoms with E-state index in [1.165, 1.54) is 0 Å². The number of hydrogen-bond donors (Lipinski definition) is 2. The number of ether oxygens (including phenoxy) is 1. The highest BCUT2D eigenvalue weighted by molar-refractivity contribution is 5.78. The van der Waals surface area contributed by atoms with Crippen molar-refractivity contribution in [1.82, 2.24) is 15.0 Å². The van der Waals surface area contributed by atoms with Crippen LogP contribution < -0.4 is 21.1 Å². The molecule has 0 bridgehead atoms. The van der Waals surface area contributed by atoms with Gasteiger partial charge in [0.05, 0.1) is 13.2 Å². The summed E-state index contributed by atoms with van der Waals surface area (Å²) in [5, 5.41) is 0. The number of nitrogen functional groups attached to an aromatic ring is 1. The second-order valence-electron chi connectivity index (χ2n) is 4.37. The summed E-state index contributed by atoms with van der Waals surface area (Å²) in [6.07, 6.45) is 2.71. The summed E-state index contributed by atoms with van der Waals surface area (Å²) in [6.45, 7) is 5.19. The van der Waals surface area contributed by atoms with Crippen molar-refractivity contribution < 1.29 is 9.53 Å². The molecular weight excluding hydrogens is 260 g/mol. The Morgan fingerprint density at radius 3 is 2.60 bits per heavy atom. The predicted octanol–water partition coefficient (Wildman–Crippen LogP) is 0.334. The van der Waals surface area contributed by atoms with Crippen LogP contribution in [0.1, 0.15) is 33.1 Å². The molecule has 0 radical (unpaired) electrons. The van der Waals surface area contributed by atoms with E-state index in [-0.39, 0.29) is 18.5 Å². The summed E-state index contributed by atoms with van der Waals surface area (Å²) in [5.41, 5.74) is 10.9. The molecule has 1 aromatic rings. The van der Waals surface area contributed by atoms with Crippen molar-refractivity contribution in [3.63, 3.8) is 0 Å². The molecule has 20 heavy (non-hydrogen) atoms. The van der Waals surface area contributed by atoms with Crippen LogP contribution >= 0.6 is 0 Å². The first-order valence-electron chi connectivity index (χ1n) is 6.74. The third-order valence-electron chi connectivity index (χ3n) is 2.47. The molecule has 1 heterocycles. The number of rotatable bonds is 9. The molecule has 0 aliphatic rings. The van der Waals surface area contributed by atoms with Gasteiger partial charge >= 0.3 is 6.01 Å². The van der Waals surface area contributed by atoms with E-state index < -0.39 is 5.91 Å². The van der Waals surface area contributed by atoms with E-state index in [1.54, 1.807) is 4.90 Å². The smallest absolute Gasteiger partial charge is 0.323 e. The van der Waals surface area contributed by atoms with Gasteiger partial charge in [0, 0.05) is 6.54 Å². The number of aromatic nitrogens is 3. The second-order valence-corrected chi connectivity index (χ2v) is 4.37. The molecule has 1 aromatic heterocycles. The van der Waals surface area contributed by atoms with Gasteiger partial charge in [0.25, 0.3) is 0 Å². The van der Waals surface area contributed by atoms with E-state index in [0.717, 1.165) is 19.3 Å². The first-order chi connectivity index (χ1) is 9.56. The van der Waals surface area contributed by atoms with Crippen molar-refractivity contribution in [1.29, 1.82) is 0 Å². The number of unbranched alkanes of at least 4 members (excludes halogenated alkanes) is 1. The third kappa shape index (κ3) is 5.25. The monoisotopic (exact) mass is 282 g/mol. The third-order valence-corrected chi connectivity index (χ3v) is 2.47. The van der Waals surface area contributed by atoms with Crippen molar-refractivity contribution in [2.24, 2.45) is 5.73 Å². The predicted molar refractivity (Wildman–Crippen MR) is 76.3 cm³/mol. The Morgan fingerprint density at radius 1 is 1.25 bits per heavy atom. The van der Waals surface area contributed by atoms with Crippen LogP contribution in [0, 0.1) is 0 Å². The number of primary amides is 1. The molecule has 4 N–H and O–H groups in total. The van der Waals surface area contributed by atoms with Crippen LogP contribution in [0.2, 0.25) is 0 Å². The number of carbonyl (C=O) groups excluding carboxylic acids is 1. The molecule has 0 aromatic carbocycles. The van der Waals surface area contributed by atoms with Crippen LogP contribution in [-0.4, -0.2) is 40.6 Å². The molecular formula is C12H22N6O2. The van der Waals surface area contributed by atoms with Crippen LogP contribution in [0.5, 0.6) is 6.01 Å². The van der Waals surface area contributed by atoms with E-state index >= 15 is 0 Å². The SMILES string of the molecule is CCCCN(CC(N)=O)c1nc(N)nc(OCCC)n1. The highest BCUT2D eigenvalue weighted by Gasteiger charge is 2.15. The van der Waals surface area contributed by atoms with Gasteiger partial charge in [-0.05, 0) is 12.8 Å². The minimum absolute atomic E-state index is 0.0384. The maximum atomic E-state index is 11.1. The average Bonchev–Trinajstić information content (AvgIpc) is 2.40. The number of nitrogens with zero attached hydrogens (tertiary/aromatic N) is 4. The highest BCUT2D eigenvalue weighted by Crippen LogP contribution is 2.14. The maximum Gasteiger partial charge on any atom is 0.323 e. The molecule has 0 atom stereocenters. The molecule has 0 aliphatic carbocycles. The highest BCUT2D eigenvalue weighted by atomic mass is 16.5. The van der Waals surface area contributed by atoms with Gasteiger partial charge in [-0.3, -0.25) is 4.79 Å². The van der Waals surface area contributed by atoms with Gasteiger partial charge in [0.15, 0.2) is 0 Å². The summed E-state index contributed by atoms with van der Waals surface area (Å²) in [6, 6.07) is 0.167. The summed E-state index contributed by atoms with van der Waals surface area (Å²) in [7, 11) is 0. The zero-order valence-electron chi connectivity index (χ0n) is 12.0. The summed E-state index contributed by atoms with van der Waals surface area (Å²) >= 11 is 0. The fourth-order valence-electron chi connectivity index (χ4n) is 1.55. The van der Waals surface area contributed by atoms with Gasteiger partial charge in [-0.25, -0.2) is 0 Å². The molecule has 0 unspecified atom stereocenters. The Balaban J connectivity index is 2.92. The number of anilines is 2. The Labute approximate surface area is 118 Å². The molecule has 1 rings (SSSR count). The average molecular weight is 282 g/mol. The van der Waals surface area contributed by atoms with Gasteiger partial charge in [0.2, 0.25) is 17.8 Å². The molecule has 0 saturated carbocycles. The summed E-state index contributed by atoms with van der Waals surface area (Å²) < 4.78 is 5.35. The molecule has 8 nitrogen and oxygen atoms in total. The minimum atomic E-state index is -0.448. The normalized spacial score (nSPS) is 10.3. The molecule has 0 aliphatic heterocycles. The number of carbonyl (C=O) groups is 1. The summed E-state index contributed by atoms with van der Waals surface area (Å²) in [4.78, 5) is 24.9. The lowest BCUT2D eigenvalue weighted by Crippen LogP contribution is -2.36. The topological polar surface area (TPSA) is 120 Å². The van der Waals surface area contributed by atoms with Crippen molar-refractivity contribution >= 4 is 17.8 Å². The quantitative estimate of drug-likeness (QED) is 0.669. The van der Waals surface area contributed by atoms with Gasteiger partial charge in [0.1, 0.15) is 0 Å². The molecule has 1 amide bonds. The lowest BCUT2D eigenvalue weighted by atomic mass is 10.3. The van der Waals surface area contributed by atoms with Crippen LogP contribution in [-0.2, 0) is 4.79 Å². The van der Waals surface area contributed by atoms with E-state index in [1.807, 2.05) is 6.92 Å². The van der Waals surface area contributed by atoms with Crippen molar-refractivity contribution in [2.45, 2.75) is 33.1 Å². The largest absolute Gasteiger partial charge is 0.463 e. The number of amides is 1. The first kappa shape index (κ1) is 15.9. The van der Waals surface area contributed by atoms with Crippen LogP contribution in [0.4, 0.5) is 11.9 Å². The minimum Gasteiger partial charge on any atom is -0.463 e. The van der Waals surface area contributed by atoms with Gasteiger partial charge < -0.3 is 21.1 Å². The van der Waals surface area contributed by atoms with Crippen LogP contribution in [0.15, 0.2) is 0 Å². The molecule has 8 heteroatoms. The molecule has 0 spiro atoms. The van der Waals surface area contributed by atoms with E-state index in [0.29, 0.717) is 19.1 Å².